The molecule has 0 fully saturated rings. The highest BCUT2D eigenvalue weighted by Gasteiger charge is 2.19. The molecule has 0 atom stereocenters. The van der Waals surface area contributed by atoms with Crippen molar-refractivity contribution in [3.05, 3.63) is 41.8 Å². The van der Waals surface area contributed by atoms with Crippen molar-refractivity contribution in [2.45, 2.75) is 22.9 Å². The number of sulfonamides is 1. The summed E-state index contributed by atoms with van der Waals surface area (Å²) < 4.78 is 28.9. The molecule has 162 valence electrons. The molecule has 10 nitrogen and oxygen atoms in total. The van der Waals surface area contributed by atoms with Crippen molar-refractivity contribution in [2.24, 2.45) is 4.99 Å². The molecule has 0 spiro atoms. The Morgan fingerprint density at radius 2 is 2.13 bits per heavy atom. The van der Waals surface area contributed by atoms with Gasteiger partial charge in [-0.3, -0.25) is 14.5 Å². The first-order valence-corrected chi connectivity index (χ1v) is 12.6. The number of rotatable bonds is 7. The van der Waals surface area contributed by atoms with Crippen molar-refractivity contribution in [1.82, 2.24) is 19.6 Å². The largest absolute Gasteiger partial charge is 0.335 e. The summed E-state index contributed by atoms with van der Waals surface area (Å²) in [5.74, 6) is 6.72. The van der Waals surface area contributed by atoms with Crippen LogP contribution in [0, 0.1) is 0 Å². The number of aromatic nitrogens is 3. The normalized spacial score (nSPS) is 13.7. The van der Waals surface area contributed by atoms with Crippen LogP contribution < -0.4 is 15.9 Å². The van der Waals surface area contributed by atoms with Gasteiger partial charge < -0.3 is 11.2 Å². The van der Waals surface area contributed by atoms with Gasteiger partial charge in [-0.2, -0.15) is 0 Å². The molecule has 13 heteroatoms. The van der Waals surface area contributed by atoms with Crippen LogP contribution in [-0.2, 0) is 14.8 Å². The second-order valence-corrected chi connectivity index (χ2v) is 10.1. The van der Waals surface area contributed by atoms with E-state index in [4.69, 9.17) is 5.84 Å². The van der Waals surface area contributed by atoms with Gasteiger partial charge >= 0.3 is 0 Å². The number of nitrogen functional groups attached to an aromatic ring is 1. The Bertz CT molecular complexity index is 1220. The molecule has 31 heavy (non-hydrogen) atoms. The number of carbonyl (C=O) groups excluding carboxylic acids is 1. The van der Waals surface area contributed by atoms with Crippen LogP contribution in [0.3, 0.4) is 0 Å². The van der Waals surface area contributed by atoms with E-state index in [-0.39, 0.29) is 16.6 Å². The van der Waals surface area contributed by atoms with Gasteiger partial charge in [0.2, 0.25) is 11.1 Å². The maximum atomic E-state index is 12.5. The lowest BCUT2D eigenvalue weighted by molar-refractivity contribution is -0.113. The predicted molar refractivity (Wildman–Crippen MR) is 121 cm³/mol. The molecule has 4 rings (SSSR count). The zero-order chi connectivity index (χ0) is 21.8. The van der Waals surface area contributed by atoms with E-state index < -0.39 is 10.0 Å². The van der Waals surface area contributed by atoms with Gasteiger partial charge in [-0.05, 0) is 36.1 Å². The van der Waals surface area contributed by atoms with Gasteiger partial charge in [0.25, 0.3) is 10.0 Å². The van der Waals surface area contributed by atoms with Crippen molar-refractivity contribution in [2.75, 3.05) is 23.5 Å². The molecule has 1 aromatic carbocycles. The zero-order valence-corrected chi connectivity index (χ0v) is 18.6. The minimum atomic E-state index is -3.76. The van der Waals surface area contributed by atoms with E-state index in [1.807, 2.05) is 17.5 Å². The Morgan fingerprint density at radius 3 is 2.87 bits per heavy atom. The number of carbonyl (C=O) groups is 1. The lowest BCUT2D eigenvalue weighted by Crippen LogP contribution is -2.29. The average Bonchev–Trinajstić information content (AvgIpc) is 3.49. The molecule has 0 radical (unpaired) electrons. The molecule has 4 N–H and O–H groups in total. The van der Waals surface area contributed by atoms with Crippen LogP contribution in [-0.4, -0.2) is 47.3 Å². The number of amidine groups is 1. The molecular formula is C18H19N7O3S3. The number of amides is 1. The third-order valence-electron chi connectivity index (χ3n) is 4.29. The van der Waals surface area contributed by atoms with Crippen LogP contribution in [0.1, 0.15) is 12.8 Å². The molecule has 3 aromatic rings. The highest BCUT2D eigenvalue weighted by molar-refractivity contribution is 7.99. The third kappa shape index (κ3) is 5.06. The highest BCUT2D eigenvalue weighted by Crippen LogP contribution is 2.25. The van der Waals surface area contributed by atoms with Gasteiger partial charge in [0.15, 0.2) is 5.82 Å². The maximum Gasteiger partial charge on any atom is 0.262 e. The van der Waals surface area contributed by atoms with Crippen LogP contribution >= 0.6 is 23.1 Å². The summed E-state index contributed by atoms with van der Waals surface area (Å²) in [5, 5.41) is 13.1. The molecule has 0 saturated heterocycles. The number of nitrogens with zero attached hydrogens (tertiary/aromatic N) is 4. The second kappa shape index (κ2) is 9.08. The quantitative estimate of drug-likeness (QED) is 0.348. The number of nitrogens with one attached hydrogen (secondary N) is 2. The summed E-state index contributed by atoms with van der Waals surface area (Å²) in [7, 11) is -3.76. The van der Waals surface area contributed by atoms with E-state index in [0.717, 1.165) is 23.1 Å². The first kappa shape index (κ1) is 21.3. The smallest absolute Gasteiger partial charge is 0.262 e. The first-order valence-electron chi connectivity index (χ1n) is 9.25. The molecule has 0 unspecified atom stereocenters. The van der Waals surface area contributed by atoms with Gasteiger partial charge in [0, 0.05) is 18.7 Å². The molecule has 1 aliphatic heterocycles. The standard InChI is InChI=1S/C18H19N7O3S3/c19-25-17(14-6-3-9-29-14)22-23-18(25)30-11-16(26)21-12-4-1-5-13(10-12)31(27,28)24-15-7-2-8-20-15/h1,3-6,9-10H,2,7-8,11,19H2,(H,20,24)(H,21,26). The van der Waals surface area contributed by atoms with Crippen molar-refractivity contribution in [3.63, 3.8) is 0 Å². The van der Waals surface area contributed by atoms with Gasteiger partial charge in [0.1, 0.15) is 5.84 Å². The van der Waals surface area contributed by atoms with Gasteiger partial charge in [-0.15, -0.1) is 21.5 Å². The lowest BCUT2D eigenvalue weighted by atomic mass is 10.3. The van der Waals surface area contributed by atoms with Crippen molar-refractivity contribution in [1.29, 1.82) is 0 Å². The number of hydrogen-bond acceptors (Lipinski definition) is 9. The fourth-order valence-corrected chi connectivity index (χ4v) is 5.35. The Balaban J connectivity index is 1.38. The van der Waals surface area contributed by atoms with Crippen molar-refractivity contribution < 1.29 is 13.2 Å². The number of nitrogens with two attached hydrogens (primary N) is 1. The lowest BCUT2D eigenvalue weighted by Gasteiger charge is -2.10. The third-order valence-corrected chi connectivity index (χ3v) is 7.48. The van der Waals surface area contributed by atoms with Crippen LogP contribution in [0.25, 0.3) is 10.7 Å². The SMILES string of the molecule is Nn1c(SCC(=O)Nc2cccc(S(=O)(=O)NC3=NCCC3)c2)nnc1-c1cccs1. The summed E-state index contributed by atoms with van der Waals surface area (Å²) in [6.45, 7) is 0.622. The molecular weight excluding hydrogens is 458 g/mol. The van der Waals surface area contributed by atoms with Gasteiger partial charge in [-0.1, -0.05) is 23.9 Å². The van der Waals surface area contributed by atoms with Gasteiger partial charge in [-0.25, -0.2) is 13.1 Å². The van der Waals surface area contributed by atoms with E-state index in [0.29, 0.717) is 35.5 Å². The molecule has 1 aliphatic rings. The van der Waals surface area contributed by atoms with Crippen molar-refractivity contribution >= 4 is 50.6 Å². The Morgan fingerprint density at radius 1 is 1.26 bits per heavy atom. The molecule has 0 bridgehead atoms. The van der Waals surface area contributed by atoms with E-state index in [1.165, 1.54) is 28.1 Å². The molecule has 2 aromatic heterocycles. The Kier molecular flexibility index (Phi) is 6.25. The van der Waals surface area contributed by atoms with Crippen LogP contribution in [0.2, 0.25) is 0 Å². The Labute approximate surface area is 187 Å². The summed E-state index contributed by atoms with van der Waals surface area (Å²) in [6, 6.07) is 9.83. The van der Waals surface area contributed by atoms with Gasteiger partial charge in [0.05, 0.1) is 15.5 Å². The number of thioether (sulfide) groups is 1. The number of thiophene rings is 1. The summed E-state index contributed by atoms with van der Waals surface area (Å²) in [6.07, 6.45) is 1.43. The molecule has 0 saturated carbocycles. The average molecular weight is 478 g/mol. The molecule has 1 amide bonds. The number of aliphatic imine (C=N–C) groups is 1. The fraction of sp³-hybridized carbons (Fsp3) is 0.222. The summed E-state index contributed by atoms with van der Waals surface area (Å²) in [4.78, 5) is 17.4. The molecule has 3 heterocycles. The fourth-order valence-electron chi connectivity index (χ4n) is 2.85. The number of hydrogen-bond donors (Lipinski definition) is 3. The minimum Gasteiger partial charge on any atom is -0.335 e. The van der Waals surface area contributed by atoms with E-state index in [2.05, 4.69) is 25.2 Å². The van der Waals surface area contributed by atoms with Crippen LogP contribution in [0.15, 0.2) is 56.8 Å². The monoisotopic (exact) mass is 477 g/mol. The molecule has 0 aliphatic carbocycles. The van der Waals surface area contributed by atoms with Crippen LogP contribution in [0.4, 0.5) is 5.69 Å². The first-order chi connectivity index (χ1) is 14.9. The Hall–Kier alpha value is -2.90. The summed E-state index contributed by atoms with van der Waals surface area (Å²) >= 11 is 2.62. The zero-order valence-electron chi connectivity index (χ0n) is 16.2. The minimum absolute atomic E-state index is 0.0335. The van der Waals surface area contributed by atoms with Crippen molar-refractivity contribution in [3.8, 4) is 10.7 Å². The number of anilines is 1. The summed E-state index contributed by atoms with van der Waals surface area (Å²) in [5.41, 5.74) is 0.371. The predicted octanol–water partition coefficient (Wildman–Crippen LogP) is 1.92. The number of benzene rings is 1. The van der Waals surface area contributed by atoms with E-state index >= 15 is 0 Å². The topological polar surface area (TPSA) is 144 Å². The van der Waals surface area contributed by atoms with E-state index in [9.17, 15) is 13.2 Å². The van der Waals surface area contributed by atoms with Crippen LogP contribution in [0.5, 0.6) is 0 Å². The maximum absolute atomic E-state index is 12.5. The highest BCUT2D eigenvalue weighted by atomic mass is 32.2. The second-order valence-electron chi connectivity index (χ2n) is 6.56. The van der Waals surface area contributed by atoms with E-state index in [1.54, 1.807) is 12.1 Å².